The van der Waals surface area contributed by atoms with E-state index in [-0.39, 0.29) is 6.61 Å². The second kappa shape index (κ2) is 4.09. The first kappa shape index (κ1) is 8.17. The molecule has 0 aliphatic heterocycles. The Morgan fingerprint density at radius 1 is 2.00 bits per heavy atom. The fourth-order valence-electron chi connectivity index (χ4n) is 0.266. The smallest absolute Gasteiger partial charge is 0.324 e. The summed E-state index contributed by atoms with van der Waals surface area (Å²) in [6.07, 6.45) is 1.47. The van der Waals surface area contributed by atoms with Gasteiger partial charge in [0.15, 0.2) is 0 Å². The molecule has 0 saturated carbocycles. The van der Waals surface area contributed by atoms with Gasteiger partial charge in [-0.2, -0.15) is 0 Å². The van der Waals surface area contributed by atoms with Gasteiger partial charge in [-0.15, -0.1) is 0 Å². The summed E-state index contributed by atoms with van der Waals surface area (Å²) in [6.45, 7) is 5.01. The van der Waals surface area contributed by atoms with Crippen molar-refractivity contribution in [2.45, 2.75) is 13.0 Å². The normalized spacial score (nSPS) is 12.2. The summed E-state index contributed by atoms with van der Waals surface area (Å²) in [5, 5.41) is 0. The van der Waals surface area contributed by atoms with E-state index in [1.165, 1.54) is 13.0 Å². The number of ether oxygens (including phenoxy) is 1. The van der Waals surface area contributed by atoms with Crippen molar-refractivity contribution >= 4 is 5.97 Å². The molecule has 0 aromatic heterocycles. The van der Waals surface area contributed by atoms with Gasteiger partial charge < -0.3 is 4.74 Å². The van der Waals surface area contributed by atoms with Crippen LogP contribution >= 0.6 is 0 Å². The van der Waals surface area contributed by atoms with Crippen LogP contribution in [0.4, 0.5) is 0 Å². The van der Waals surface area contributed by atoms with E-state index in [1.54, 1.807) is 0 Å². The maximum absolute atomic E-state index is 10.4. The molecule has 3 heteroatoms. The molecule has 0 bridgehead atoms. The Hall–Kier alpha value is -0.830. The predicted octanol–water partition coefficient (Wildman–Crippen LogP) is 0.387. The lowest BCUT2D eigenvalue weighted by molar-refractivity contribution is -0.143. The van der Waals surface area contributed by atoms with Crippen LogP contribution in [0.1, 0.15) is 6.92 Å². The summed E-state index contributed by atoms with van der Waals surface area (Å²) >= 11 is 0. The maximum Gasteiger partial charge on any atom is 0.324 e. The third kappa shape index (κ3) is 3.73. The van der Waals surface area contributed by atoms with Gasteiger partial charge in [0.25, 0.3) is 0 Å². The van der Waals surface area contributed by atoms with Crippen molar-refractivity contribution in [3.63, 3.8) is 0 Å². The minimum Gasteiger partial charge on any atom is -0.460 e. The van der Waals surface area contributed by atoms with E-state index < -0.39 is 12.0 Å². The van der Waals surface area contributed by atoms with Crippen LogP contribution in [-0.4, -0.2) is 18.6 Å². The maximum atomic E-state index is 10.4. The van der Waals surface area contributed by atoms with Crippen LogP contribution in [0.2, 0.25) is 0 Å². The van der Waals surface area contributed by atoms with E-state index in [2.05, 4.69) is 11.3 Å². The highest BCUT2D eigenvalue weighted by Crippen LogP contribution is 1.84. The zero-order chi connectivity index (χ0) is 7.28. The predicted molar refractivity (Wildman–Crippen MR) is 33.7 cm³/mol. The van der Waals surface area contributed by atoms with E-state index >= 15 is 0 Å². The highest BCUT2D eigenvalue weighted by Gasteiger charge is 2.06. The first-order valence-electron chi connectivity index (χ1n) is 2.67. The zero-order valence-electron chi connectivity index (χ0n) is 5.39. The van der Waals surface area contributed by atoms with Crippen molar-refractivity contribution in [2.24, 2.45) is 0 Å². The van der Waals surface area contributed by atoms with E-state index in [0.717, 1.165) is 0 Å². The molecule has 0 saturated heterocycles. The molecule has 1 atom stereocenters. The summed E-state index contributed by atoms with van der Waals surface area (Å²) in [5.74, 6) is -0.505. The quantitative estimate of drug-likeness (QED) is 0.407. The first-order valence-corrected chi connectivity index (χ1v) is 2.67. The third-order valence-corrected chi connectivity index (χ3v) is 0.697. The molecule has 1 N–H and O–H groups in total. The molecular formula is C6H10NO2. The first-order chi connectivity index (χ1) is 4.18. The molecule has 0 amide bonds. The average Bonchev–Trinajstić information content (AvgIpc) is 1.82. The van der Waals surface area contributed by atoms with Crippen LogP contribution in [0.15, 0.2) is 12.7 Å². The van der Waals surface area contributed by atoms with Gasteiger partial charge in [0.05, 0.1) is 0 Å². The second-order valence-electron chi connectivity index (χ2n) is 1.64. The minimum atomic E-state index is -0.787. The van der Waals surface area contributed by atoms with Crippen LogP contribution < -0.4 is 5.73 Å². The molecule has 0 fully saturated rings. The van der Waals surface area contributed by atoms with Crippen molar-refractivity contribution in [1.82, 2.24) is 5.73 Å². The Kier molecular flexibility index (Phi) is 3.71. The SMILES string of the molecule is C=CCOC(=O)C(C)[NH]. The monoisotopic (exact) mass is 128 g/mol. The molecule has 51 valence electrons. The molecule has 0 rings (SSSR count). The van der Waals surface area contributed by atoms with E-state index in [1.807, 2.05) is 0 Å². The van der Waals surface area contributed by atoms with Crippen LogP contribution in [0, 0.1) is 0 Å². The fourth-order valence-corrected chi connectivity index (χ4v) is 0.266. The molecule has 0 aromatic carbocycles. The Bertz CT molecular complexity index is 110. The van der Waals surface area contributed by atoms with Crippen LogP contribution in [0.5, 0.6) is 0 Å². The van der Waals surface area contributed by atoms with Crippen molar-refractivity contribution in [1.29, 1.82) is 0 Å². The molecule has 0 heterocycles. The number of carbonyl (C=O) groups is 1. The number of nitrogens with one attached hydrogen (secondary N) is 1. The number of carbonyl (C=O) groups excluding carboxylic acids is 1. The molecule has 0 spiro atoms. The lowest BCUT2D eigenvalue weighted by atomic mass is 10.4. The van der Waals surface area contributed by atoms with Gasteiger partial charge in [0.1, 0.15) is 12.6 Å². The van der Waals surface area contributed by atoms with Crippen molar-refractivity contribution in [3.8, 4) is 0 Å². The van der Waals surface area contributed by atoms with Gasteiger partial charge in [0, 0.05) is 0 Å². The lowest BCUT2D eigenvalue weighted by Crippen LogP contribution is -2.20. The molecule has 3 nitrogen and oxygen atoms in total. The van der Waals surface area contributed by atoms with Crippen molar-refractivity contribution in [3.05, 3.63) is 12.7 Å². The van der Waals surface area contributed by atoms with Gasteiger partial charge in [-0.3, -0.25) is 4.79 Å². The standard InChI is InChI=1S/C6H10NO2/c1-3-4-9-6(8)5(2)7/h3,5,7H,1,4H2,2H3. The van der Waals surface area contributed by atoms with E-state index in [4.69, 9.17) is 5.73 Å². The largest absolute Gasteiger partial charge is 0.460 e. The van der Waals surface area contributed by atoms with Crippen molar-refractivity contribution in [2.75, 3.05) is 6.61 Å². The van der Waals surface area contributed by atoms with Gasteiger partial charge in [-0.1, -0.05) is 12.7 Å². The lowest BCUT2D eigenvalue weighted by Gasteiger charge is -2.01. The number of hydrogen-bond acceptors (Lipinski definition) is 2. The summed E-state index contributed by atoms with van der Waals surface area (Å²) in [6, 6.07) is -0.787. The van der Waals surface area contributed by atoms with Gasteiger partial charge in [-0.05, 0) is 6.92 Å². The van der Waals surface area contributed by atoms with Gasteiger partial charge in [-0.25, -0.2) is 5.73 Å². The number of esters is 1. The number of rotatable bonds is 3. The minimum absolute atomic E-state index is 0.196. The third-order valence-electron chi connectivity index (χ3n) is 0.697. The van der Waals surface area contributed by atoms with Crippen LogP contribution in [0.3, 0.4) is 0 Å². The highest BCUT2D eigenvalue weighted by atomic mass is 16.5. The topological polar surface area (TPSA) is 50.1 Å². The number of hydrogen-bond donors (Lipinski definition) is 0. The molecule has 9 heavy (non-hydrogen) atoms. The highest BCUT2D eigenvalue weighted by molar-refractivity contribution is 5.74. The summed E-state index contributed by atoms with van der Waals surface area (Å²) < 4.78 is 4.51. The molecule has 1 unspecified atom stereocenters. The Morgan fingerprint density at radius 2 is 2.56 bits per heavy atom. The van der Waals surface area contributed by atoms with Gasteiger partial charge >= 0.3 is 5.97 Å². The van der Waals surface area contributed by atoms with Crippen LogP contribution in [-0.2, 0) is 9.53 Å². The second-order valence-corrected chi connectivity index (χ2v) is 1.64. The Balaban J connectivity index is 3.38. The zero-order valence-corrected chi connectivity index (χ0v) is 5.39. The average molecular weight is 128 g/mol. The van der Waals surface area contributed by atoms with Crippen molar-refractivity contribution < 1.29 is 9.53 Å². The summed E-state index contributed by atoms with van der Waals surface area (Å²) in [5.41, 5.74) is 6.85. The molecule has 0 aliphatic rings. The fraction of sp³-hybridized carbons (Fsp3) is 0.500. The Morgan fingerprint density at radius 3 is 2.89 bits per heavy atom. The molecular weight excluding hydrogens is 118 g/mol. The van der Waals surface area contributed by atoms with Crippen LogP contribution in [0.25, 0.3) is 0 Å². The van der Waals surface area contributed by atoms with E-state index in [0.29, 0.717) is 0 Å². The molecule has 1 radical (unpaired) electrons. The van der Waals surface area contributed by atoms with Gasteiger partial charge in [0.2, 0.25) is 0 Å². The summed E-state index contributed by atoms with van der Waals surface area (Å²) in [4.78, 5) is 10.4. The molecule has 0 aromatic rings. The molecule has 0 aliphatic carbocycles. The summed E-state index contributed by atoms with van der Waals surface area (Å²) in [7, 11) is 0. The Labute approximate surface area is 54.5 Å². The van der Waals surface area contributed by atoms with E-state index in [9.17, 15) is 4.79 Å².